The summed E-state index contributed by atoms with van der Waals surface area (Å²) in [6.45, 7) is 0.729. The smallest absolute Gasteiger partial charge is 0.204 e. The van der Waals surface area contributed by atoms with Gasteiger partial charge in [-0.05, 0) is 35.4 Å². The molecule has 0 bridgehead atoms. The average molecular weight is 503 g/mol. The summed E-state index contributed by atoms with van der Waals surface area (Å²) < 4.78 is 29.3. The molecule has 0 aliphatic heterocycles. The van der Waals surface area contributed by atoms with Crippen molar-refractivity contribution < 1.29 is 28.8 Å². The lowest BCUT2D eigenvalue weighted by atomic mass is 10.2. The van der Waals surface area contributed by atoms with Gasteiger partial charge < -0.3 is 28.8 Å². The van der Waals surface area contributed by atoms with Crippen LogP contribution in [0.3, 0.4) is 0 Å². The first kappa shape index (κ1) is 23.9. The molecule has 0 aliphatic carbocycles. The summed E-state index contributed by atoms with van der Waals surface area (Å²) in [5.74, 6) is 2.21. The summed E-state index contributed by atoms with van der Waals surface area (Å²) in [6, 6.07) is 21.1. The van der Waals surface area contributed by atoms with Gasteiger partial charge in [-0.25, -0.2) is 0 Å². The molecule has 1 N–H and O–H groups in total. The highest BCUT2D eigenvalue weighted by atomic mass is 79.9. The Kier molecular flexibility index (Phi) is 9.22. The van der Waals surface area contributed by atoms with E-state index in [0.29, 0.717) is 30.5 Å². The number of halogens is 1. The van der Waals surface area contributed by atoms with E-state index >= 15 is 0 Å². The number of aliphatic hydroxyl groups is 1. The van der Waals surface area contributed by atoms with Crippen molar-refractivity contribution in [3.05, 3.63) is 82.3 Å². The number of ether oxygens (including phenoxy) is 5. The predicted molar refractivity (Wildman–Crippen MR) is 126 cm³/mol. The Labute approximate surface area is 196 Å². The fraction of sp³-hybridized carbons (Fsp3) is 0.280. The molecular weight excluding hydrogens is 476 g/mol. The lowest BCUT2D eigenvalue weighted by Crippen LogP contribution is -2.27. The van der Waals surface area contributed by atoms with Crippen molar-refractivity contribution in [2.45, 2.75) is 19.3 Å². The highest BCUT2D eigenvalue weighted by Crippen LogP contribution is 2.41. The Bertz CT molecular complexity index is 962. The minimum Gasteiger partial charge on any atom is -0.497 e. The standard InChI is InChI=1S/C25H27BrO6/c1-28-21-10-8-19(9-11-21)15-30-17-22(14-27)32-25-23(29-2)12-20(26)13-24(25)31-16-18-6-4-3-5-7-18/h3-13,22,27H,14-17H2,1-2H3/t22-/m0/s1. The minimum absolute atomic E-state index is 0.194. The van der Waals surface area contributed by atoms with Crippen LogP contribution in [-0.2, 0) is 18.0 Å². The third-order valence-corrected chi connectivity index (χ3v) is 5.12. The molecule has 6 nitrogen and oxygen atoms in total. The number of rotatable bonds is 12. The zero-order valence-electron chi connectivity index (χ0n) is 18.1. The first-order valence-corrected chi connectivity index (χ1v) is 10.9. The van der Waals surface area contributed by atoms with Gasteiger partial charge in [0.2, 0.25) is 5.75 Å². The second kappa shape index (κ2) is 12.3. The topological polar surface area (TPSA) is 66.4 Å². The molecule has 0 radical (unpaired) electrons. The zero-order valence-corrected chi connectivity index (χ0v) is 19.7. The molecule has 32 heavy (non-hydrogen) atoms. The minimum atomic E-state index is -0.595. The number of aliphatic hydroxyl groups excluding tert-OH is 1. The summed E-state index contributed by atoms with van der Waals surface area (Å²) in [7, 11) is 3.19. The molecule has 0 aromatic heterocycles. The summed E-state index contributed by atoms with van der Waals surface area (Å²) in [5.41, 5.74) is 2.02. The fourth-order valence-corrected chi connectivity index (χ4v) is 3.39. The maximum Gasteiger partial charge on any atom is 0.204 e. The van der Waals surface area contributed by atoms with Gasteiger partial charge in [-0.2, -0.15) is 0 Å². The number of hydrogen-bond acceptors (Lipinski definition) is 6. The SMILES string of the molecule is COc1ccc(COC[C@H](CO)Oc2c(OC)cc(Br)cc2OCc2ccccc2)cc1. The molecule has 0 saturated carbocycles. The van der Waals surface area contributed by atoms with Gasteiger partial charge in [0.05, 0.1) is 34.0 Å². The Morgan fingerprint density at radius 1 is 0.844 bits per heavy atom. The second-order valence-electron chi connectivity index (χ2n) is 7.00. The van der Waals surface area contributed by atoms with Crippen molar-refractivity contribution in [2.24, 2.45) is 0 Å². The molecule has 0 aliphatic rings. The van der Waals surface area contributed by atoms with Crippen LogP contribution in [0.1, 0.15) is 11.1 Å². The Hall–Kier alpha value is -2.74. The van der Waals surface area contributed by atoms with Gasteiger partial charge in [0.15, 0.2) is 11.5 Å². The first-order chi connectivity index (χ1) is 15.6. The first-order valence-electron chi connectivity index (χ1n) is 10.2. The second-order valence-corrected chi connectivity index (χ2v) is 7.91. The molecular formula is C25H27BrO6. The summed E-state index contributed by atoms with van der Waals surface area (Å²) >= 11 is 3.48. The van der Waals surface area contributed by atoms with Gasteiger partial charge >= 0.3 is 0 Å². The normalized spacial score (nSPS) is 11.6. The average Bonchev–Trinajstić information content (AvgIpc) is 2.83. The van der Waals surface area contributed by atoms with Gasteiger partial charge in [0.25, 0.3) is 0 Å². The van der Waals surface area contributed by atoms with Crippen molar-refractivity contribution in [3.8, 4) is 23.0 Å². The molecule has 7 heteroatoms. The molecule has 0 amide bonds. The predicted octanol–water partition coefficient (Wildman–Crippen LogP) is 5.00. The molecule has 3 rings (SSSR count). The Balaban J connectivity index is 1.66. The van der Waals surface area contributed by atoms with E-state index in [2.05, 4.69) is 15.9 Å². The highest BCUT2D eigenvalue weighted by molar-refractivity contribution is 9.10. The molecule has 3 aromatic carbocycles. The molecule has 0 fully saturated rings. The van der Waals surface area contributed by atoms with E-state index in [-0.39, 0.29) is 13.2 Å². The van der Waals surface area contributed by atoms with Crippen molar-refractivity contribution in [2.75, 3.05) is 27.4 Å². The quantitative estimate of drug-likeness (QED) is 0.375. The van der Waals surface area contributed by atoms with E-state index in [1.54, 1.807) is 20.3 Å². The van der Waals surface area contributed by atoms with E-state index in [9.17, 15) is 5.11 Å². The maximum absolute atomic E-state index is 9.86. The molecule has 1 atom stereocenters. The summed E-state index contributed by atoms with van der Waals surface area (Å²) in [5, 5.41) is 9.86. The van der Waals surface area contributed by atoms with Gasteiger partial charge in [0.1, 0.15) is 18.5 Å². The third kappa shape index (κ3) is 6.88. The van der Waals surface area contributed by atoms with E-state index in [0.717, 1.165) is 21.3 Å². The van der Waals surface area contributed by atoms with E-state index in [1.165, 1.54) is 0 Å². The van der Waals surface area contributed by atoms with Crippen molar-refractivity contribution in [1.82, 2.24) is 0 Å². The van der Waals surface area contributed by atoms with Crippen molar-refractivity contribution in [1.29, 1.82) is 0 Å². The van der Waals surface area contributed by atoms with Crippen LogP contribution in [-0.4, -0.2) is 38.6 Å². The monoisotopic (exact) mass is 502 g/mol. The summed E-state index contributed by atoms with van der Waals surface area (Å²) in [4.78, 5) is 0. The number of benzene rings is 3. The maximum atomic E-state index is 9.86. The van der Waals surface area contributed by atoms with Crippen LogP contribution in [0.5, 0.6) is 23.0 Å². The lowest BCUT2D eigenvalue weighted by Gasteiger charge is -2.21. The molecule has 0 spiro atoms. The van der Waals surface area contributed by atoms with Crippen molar-refractivity contribution in [3.63, 3.8) is 0 Å². The van der Waals surface area contributed by atoms with Crippen LogP contribution < -0.4 is 18.9 Å². The van der Waals surface area contributed by atoms with Crippen LogP contribution >= 0.6 is 15.9 Å². The van der Waals surface area contributed by atoms with E-state index < -0.39 is 6.10 Å². The van der Waals surface area contributed by atoms with E-state index in [1.807, 2.05) is 60.7 Å². The van der Waals surface area contributed by atoms with Gasteiger partial charge in [0, 0.05) is 4.47 Å². The fourth-order valence-electron chi connectivity index (χ4n) is 2.98. The van der Waals surface area contributed by atoms with Crippen LogP contribution in [0.15, 0.2) is 71.2 Å². The Morgan fingerprint density at radius 3 is 2.19 bits per heavy atom. The van der Waals surface area contributed by atoms with Crippen LogP contribution in [0, 0.1) is 0 Å². The van der Waals surface area contributed by atoms with Crippen LogP contribution in [0.2, 0.25) is 0 Å². The van der Waals surface area contributed by atoms with Gasteiger partial charge in [-0.3, -0.25) is 0 Å². The lowest BCUT2D eigenvalue weighted by molar-refractivity contribution is 0.0107. The van der Waals surface area contributed by atoms with Crippen molar-refractivity contribution >= 4 is 15.9 Å². The molecule has 0 saturated heterocycles. The molecule has 0 unspecified atom stereocenters. The molecule has 0 heterocycles. The number of hydrogen-bond donors (Lipinski definition) is 1. The summed E-state index contributed by atoms with van der Waals surface area (Å²) in [6.07, 6.45) is -0.595. The largest absolute Gasteiger partial charge is 0.497 e. The van der Waals surface area contributed by atoms with Crippen LogP contribution in [0.25, 0.3) is 0 Å². The molecule has 3 aromatic rings. The Morgan fingerprint density at radius 2 is 1.53 bits per heavy atom. The zero-order chi connectivity index (χ0) is 22.8. The van der Waals surface area contributed by atoms with Gasteiger partial charge in [-0.15, -0.1) is 0 Å². The van der Waals surface area contributed by atoms with Crippen LogP contribution in [0.4, 0.5) is 0 Å². The number of methoxy groups -OCH3 is 2. The van der Waals surface area contributed by atoms with E-state index in [4.69, 9.17) is 23.7 Å². The van der Waals surface area contributed by atoms with Gasteiger partial charge in [-0.1, -0.05) is 58.4 Å². The third-order valence-electron chi connectivity index (χ3n) is 4.66. The molecule has 170 valence electrons. The highest BCUT2D eigenvalue weighted by Gasteiger charge is 2.19.